The Hall–Kier alpha value is -3.95. The number of azo groups is 1. The number of aliphatic imine (C=N–C) groups is 2. The van der Waals surface area contributed by atoms with Crippen LogP contribution in [0.5, 0.6) is 5.75 Å². The number of carbonyl (C=O) groups excluding carboxylic acids is 2. The van der Waals surface area contributed by atoms with Crippen LogP contribution in [0.25, 0.3) is 0 Å². The molecule has 1 aliphatic carbocycles. The Labute approximate surface area is 260 Å². The number of hydrogen-bond acceptors (Lipinski definition) is 8. The van der Waals surface area contributed by atoms with Crippen LogP contribution in [0.15, 0.2) is 62.9 Å². The smallest absolute Gasteiger partial charge is 0.275 e. The second-order valence-electron chi connectivity index (χ2n) is 13.7. The maximum Gasteiger partial charge on any atom is 0.275 e. The molecule has 0 radical (unpaired) electrons. The maximum absolute atomic E-state index is 14.6. The van der Waals surface area contributed by atoms with E-state index in [-0.39, 0.29) is 29.8 Å². The van der Waals surface area contributed by atoms with Crippen LogP contribution in [0.3, 0.4) is 0 Å². The molecule has 0 bridgehead atoms. The molecule has 1 aromatic carbocycles. The van der Waals surface area contributed by atoms with E-state index in [0.29, 0.717) is 46.9 Å². The number of carbonyl (C=O) groups is 2. The van der Waals surface area contributed by atoms with E-state index in [4.69, 9.17) is 9.73 Å². The molecule has 10 heteroatoms. The number of methoxy groups -OCH3 is 1. The number of nitrogens with one attached hydrogen (secondary N) is 1. The molecule has 2 amide bonds. The summed E-state index contributed by atoms with van der Waals surface area (Å²) in [6.07, 6.45) is 8.70. The summed E-state index contributed by atoms with van der Waals surface area (Å²) in [6, 6.07) is 9.29. The van der Waals surface area contributed by atoms with Gasteiger partial charge in [0.2, 0.25) is 0 Å². The minimum atomic E-state index is -0.629. The molecule has 1 fully saturated rings. The Morgan fingerprint density at radius 3 is 2.48 bits per heavy atom. The lowest BCUT2D eigenvalue weighted by atomic mass is 9.75. The lowest BCUT2D eigenvalue weighted by molar-refractivity contribution is -0.133. The normalized spacial score (nSPS) is 22.4. The SMILES string of the molecule is COc1cncc(C2=NC3(CCC(C(C)C)CC3)N([C@H](CCC(C)(C)C)c3ccc(C(=O)NCC4=NCN=N4)cc3)C2=O)c1. The van der Waals surface area contributed by atoms with Gasteiger partial charge in [0.25, 0.3) is 11.8 Å². The van der Waals surface area contributed by atoms with Gasteiger partial charge in [-0.15, -0.1) is 5.11 Å². The highest BCUT2D eigenvalue weighted by atomic mass is 16.5. The number of aromatic nitrogens is 1. The van der Waals surface area contributed by atoms with Crippen molar-refractivity contribution < 1.29 is 14.3 Å². The molecule has 3 aliphatic rings. The minimum absolute atomic E-state index is 0.0734. The van der Waals surface area contributed by atoms with Crippen LogP contribution in [-0.4, -0.2) is 59.2 Å². The van der Waals surface area contributed by atoms with Crippen molar-refractivity contribution in [1.82, 2.24) is 15.2 Å². The van der Waals surface area contributed by atoms with Crippen LogP contribution in [0.2, 0.25) is 0 Å². The van der Waals surface area contributed by atoms with Crippen molar-refractivity contribution in [3.63, 3.8) is 0 Å². The van der Waals surface area contributed by atoms with E-state index in [0.717, 1.165) is 44.1 Å². The van der Waals surface area contributed by atoms with E-state index in [9.17, 15) is 9.59 Å². The van der Waals surface area contributed by atoms with Gasteiger partial charge in [0.05, 0.1) is 25.9 Å². The number of hydrogen-bond donors (Lipinski definition) is 1. The van der Waals surface area contributed by atoms with Crippen LogP contribution in [0, 0.1) is 17.3 Å². The third-order valence-corrected chi connectivity index (χ3v) is 9.13. The highest BCUT2D eigenvalue weighted by Gasteiger charge is 2.52. The van der Waals surface area contributed by atoms with Crippen LogP contribution in [0.1, 0.15) is 101 Å². The van der Waals surface area contributed by atoms with Gasteiger partial charge >= 0.3 is 0 Å². The van der Waals surface area contributed by atoms with Crippen molar-refractivity contribution in [2.24, 2.45) is 37.5 Å². The van der Waals surface area contributed by atoms with Gasteiger partial charge in [0, 0.05) is 17.3 Å². The van der Waals surface area contributed by atoms with Crippen LogP contribution < -0.4 is 10.1 Å². The van der Waals surface area contributed by atoms with Crippen molar-refractivity contribution in [3.8, 4) is 5.75 Å². The predicted octanol–water partition coefficient (Wildman–Crippen LogP) is 6.38. The van der Waals surface area contributed by atoms with Gasteiger partial charge in [-0.05, 0) is 79.5 Å². The quantitative estimate of drug-likeness (QED) is 0.340. The highest BCUT2D eigenvalue weighted by molar-refractivity contribution is 6.46. The monoisotopic (exact) mass is 599 g/mol. The van der Waals surface area contributed by atoms with E-state index in [2.05, 4.69) is 65.0 Å². The third kappa shape index (κ3) is 6.89. The molecule has 3 heterocycles. The Kier molecular flexibility index (Phi) is 9.27. The van der Waals surface area contributed by atoms with E-state index in [1.807, 2.05) is 30.3 Å². The topological polar surface area (TPSA) is 121 Å². The van der Waals surface area contributed by atoms with E-state index in [1.54, 1.807) is 19.5 Å². The van der Waals surface area contributed by atoms with Crippen molar-refractivity contribution in [2.75, 3.05) is 20.3 Å². The van der Waals surface area contributed by atoms with Crippen molar-refractivity contribution in [1.29, 1.82) is 0 Å². The first kappa shape index (κ1) is 31.5. The van der Waals surface area contributed by atoms with Gasteiger partial charge < -0.3 is 15.0 Å². The first-order valence-corrected chi connectivity index (χ1v) is 15.7. The van der Waals surface area contributed by atoms with Gasteiger partial charge in [-0.1, -0.05) is 46.8 Å². The number of ether oxygens (including phenoxy) is 1. The fraction of sp³-hybridized carbons (Fsp3) is 0.559. The molecule has 234 valence electrons. The fourth-order valence-electron chi connectivity index (χ4n) is 6.50. The Morgan fingerprint density at radius 2 is 1.86 bits per heavy atom. The summed E-state index contributed by atoms with van der Waals surface area (Å²) in [7, 11) is 1.60. The zero-order valence-electron chi connectivity index (χ0n) is 26.8. The van der Waals surface area contributed by atoms with Crippen molar-refractivity contribution in [3.05, 3.63) is 59.4 Å². The molecule has 1 saturated carbocycles. The summed E-state index contributed by atoms with van der Waals surface area (Å²) in [5.41, 5.74) is 2.11. The number of nitrogens with zero attached hydrogens (tertiary/aromatic N) is 6. The third-order valence-electron chi connectivity index (χ3n) is 9.13. The molecule has 5 rings (SSSR count). The Morgan fingerprint density at radius 1 is 1.14 bits per heavy atom. The Bertz CT molecular complexity index is 1450. The lowest BCUT2D eigenvalue weighted by Gasteiger charge is -2.46. The molecule has 1 N–H and O–H groups in total. The number of pyridine rings is 1. The molecular weight excluding hydrogens is 554 g/mol. The standard InChI is InChI=1S/C34H45N7O3/c1-22(2)23-11-15-34(16-12-23)39-30(26-17-27(44-6)19-35-18-26)32(43)41(34)28(13-14-33(3,4)5)24-7-9-25(10-8-24)31(42)36-20-29-37-21-38-40-29/h7-10,17-19,22-23,28H,11-16,20-21H2,1-6H3,(H,36,42)/t23?,28-,34?/m1/s1. The van der Waals surface area contributed by atoms with E-state index >= 15 is 0 Å². The minimum Gasteiger partial charge on any atom is -0.495 e. The predicted molar refractivity (Wildman–Crippen MR) is 171 cm³/mol. The van der Waals surface area contributed by atoms with Gasteiger partial charge in [-0.25, -0.2) is 4.99 Å². The molecule has 10 nitrogen and oxygen atoms in total. The van der Waals surface area contributed by atoms with Crippen LogP contribution in [-0.2, 0) is 4.79 Å². The summed E-state index contributed by atoms with van der Waals surface area (Å²) >= 11 is 0. The second-order valence-corrected chi connectivity index (χ2v) is 13.7. The molecule has 1 atom stereocenters. The van der Waals surface area contributed by atoms with Crippen LogP contribution >= 0.6 is 0 Å². The summed E-state index contributed by atoms with van der Waals surface area (Å²) in [6.45, 7) is 11.8. The summed E-state index contributed by atoms with van der Waals surface area (Å²) < 4.78 is 5.43. The highest BCUT2D eigenvalue weighted by Crippen LogP contribution is 2.48. The first-order chi connectivity index (χ1) is 21.0. The van der Waals surface area contributed by atoms with E-state index < -0.39 is 5.66 Å². The average molecular weight is 600 g/mol. The summed E-state index contributed by atoms with van der Waals surface area (Å²) in [4.78, 5) is 43.3. The van der Waals surface area contributed by atoms with Gasteiger partial charge in [0.1, 0.15) is 17.1 Å². The number of amidine groups is 1. The summed E-state index contributed by atoms with van der Waals surface area (Å²) in [5, 5.41) is 10.6. The molecule has 2 aliphatic heterocycles. The van der Waals surface area contributed by atoms with Gasteiger partial charge in [-0.3, -0.25) is 19.6 Å². The number of benzene rings is 1. The van der Waals surface area contributed by atoms with Gasteiger partial charge in [0.15, 0.2) is 12.5 Å². The molecular formula is C34H45N7O3. The molecule has 1 aromatic heterocycles. The lowest BCUT2D eigenvalue weighted by Crippen LogP contribution is -2.51. The largest absolute Gasteiger partial charge is 0.495 e. The molecule has 2 aromatic rings. The summed E-state index contributed by atoms with van der Waals surface area (Å²) in [5.74, 6) is 2.03. The number of amides is 2. The number of rotatable bonds is 10. The first-order valence-electron chi connectivity index (χ1n) is 15.7. The van der Waals surface area contributed by atoms with Gasteiger partial charge in [-0.2, -0.15) is 5.11 Å². The zero-order chi connectivity index (χ0) is 31.5. The molecule has 44 heavy (non-hydrogen) atoms. The van der Waals surface area contributed by atoms with Crippen molar-refractivity contribution >= 4 is 23.4 Å². The fourth-order valence-corrected chi connectivity index (χ4v) is 6.50. The zero-order valence-corrected chi connectivity index (χ0v) is 26.8. The Balaban J connectivity index is 1.49. The van der Waals surface area contributed by atoms with E-state index in [1.165, 1.54) is 0 Å². The van der Waals surface area contributed by atoms with Crippen molar-refractivity contribution in [2.45, 2.75) is 84.8 Å². The average Bonchev–Trinajstić information content (AvgIpc) is 3.63. The molecule has 0 saturated heterocycles. The van der Waals surface area contributed by atoms with Crippen LogP contribution in [0.4, 0.5) is 0 Å². The maximum atomic E-state index is 14.6. The molecule has 1 spiro atoms. The molecule has 0 unspecified atom stereocenters. The second kappa shape index (κ2) is 13.0.